The number of esters is 1. The molecule has 0 aliphatic heterocycles. The molecule has 1 aromatic rings. The summed E-state index contributed by atoms with van der Waals surface area (Å²) < 4.78 is 4.72. The van der Waals surface area contributed by atoms with Crippen molar-refractivity contribution in [2.75, 3.05) is 0 Å². The number of benzene rings is 1. The molecule has 0 bridgehead atoms. The van der Waals surface area contributed by atoms with Crippen molar-refractivity contribution in [1.82, 2.24) is 0 Å². The summed E-state index contributed by atoms with van der Waals surface area (Å²) >= 11 is 0. The smallest absolute Gasteiger partial charge is 0.343 e. The normalized spacial score (nSPS) is 10.3. The van der Waals surface area contributed by atoms with Gasteiger partial charge in [-0.1, -0.05) is 30.4 Å². The van der Waals surface area contributed by atoms with Gasteiger partial charge in [-0.25, -0.2) is 9.59 Å². The SMILES string of the molecule is C=COC(=O)c1ccc(C)cc1C/C=C/C(=O)O. The Morgan fingerprint density at radius 1 is 1.44 bits per heavy atom. The molecule has 0 radical (unpaired) electrons. The van der Waals surface area contributed by atoms with Gasteiger partial charge >= 0.3 is 11.9 Å². The lowest BCUT2D eigenvalue weighted by Gasteiger charge is -2.06. The first-order valence-electron chi connectivity index (χ1n) is 5.35. The number of hydrogen-bond donors (Lipinski definition) is 1. The molecule has 0 atom stereocenters. The molecule has 4 nitrogen and oxygen atoms in total. The predicted octanol–water partition coefficient (Wildman–Crippen LogP) is 2.48. The molecule has 0 aliphatic carbocycles. The minimum atomic E-state index is -1.02. The first-order valence-corrected chi connectivity index (χ1v) is 5.35. The van der Waals surface area contributed by atoms with Crippen molar-refractivity contribution in [2.24, 2.45) is 0 Å². The third-order valence-electron chi connectivity index (χ3n) is 2.27. The number of carboxylic acid groups (broad SMARTS) is 1. The van der Waals surface area contributed by atoms with Crippen LogP contribution in [0.4, 0.5) is 0 Å². The van der Waals surface area contributed by atoms with E-state index in [1.54, 1.807) is 12.1 Å². The second kappa shape index (κ2) is 6.39. The summed E-state index contributed by atoms with van der Waals surface area (Å²) in [4.78, 5) is 22.0. The summed E-state index contributed by atoms with van der Waals surface area (Å²) in [5, 5.41) is 8.52. The van der Waals surface area contributed by atoms with Crippen LogP contribution in [0.3, 0.4) is 0 Å². The highest BCUT2D eigenvalue weighted by atomic mass is 16.5. The van der Waals surface area contributed by atoms with Gasteiger partial charge in [-0.15, -0.1) is 0 Å². The molecule has 0 spiro atoms. The summed E-state index contributed by atoms with van der Waals surface area (Å²) in [7, 11) is 0. The second-order valence-corrected chi connectivity index (χ2v) is 3.68. The Morgan fingerprint density at radius 2 is 2.17 bits per heavy atom. The molecule has 18 heavy (non-hydrogen) atoms. The van der Waals surface area contributed by atoms with Crippen LogP contribution in [0.25, 0.3) is 0 Å². The highest BCUT2D eigenvalue weighted by Gasteiger charge is 2.11. The Bertz CT molecular complexity index is 501. The molecule has 0 saturated carbocycles. The molecule has 0 heterocycles. The van der Waals surface area contributed by atoms with E-state index < -0.39 is 11.9 Å². The van der Waals surface area contributed by atoms with Crippen molar-refractivity contribution in [3.05, 3.63) is 59.9 Å². The van der Waals surface area contributed by atoms with E-state index in [0.29, 0.717) is 12.0 Å². The van der Waals surface area contributed by atoms with Crippen LogP contribution < -0.4 is 0 Å². The number of aryl methyl sites for hydroxylation is 1. The van der Waals surface area contributed by atoms with Crippen LogP contribution in [0.15, 0.2) is 43.2 Å². The highest BCUT2D eigenvalue weighted by molar-refractivity contribution is 5.91. The predicted molar refractivity (Wildman–Crippen MR) is 67.3 cm³/mol. The quantitative estimate of drug-likeness (QED) is 0.492. The third-order valence-corrected chi connectivity index (χ3v) is 2.27. The number of hydrogen-bond acceptors (Lipinski definition) is 3. The van der Waals surface area contributed by atoms with Crippen molar-refractivity contribution in [2.45, 2.75) is 13.3 Å². The molecule has 0 fully saturated rings. The lowest BCUT2D eigenvalue weighted by atomic mass is 10.0. The molecular formula is C14H14O4. The van der Waals surface area contributed by atoms with E-state index in [1.807, 2.05) is 13.0 Å². The van der Waals surface area contributed by atoms with Crippen molar-refractivity contribution in [1.29, 1.82) is 0 Å². The molecule has 1 N–H and O–H groups in total. The Kier molecular flexibility index (Phi) is 4.87. The van der Waals surface area contributed by atoms with Crippen LogP contribution >= 0.6 is 0 Å². The summed E-state index contributed by atoms with van der Waals surface area (Å²) in [5.41, 5.74) is 2.12. The summed E-state index contributed by atoms with van der Waals surface area (Å²) in [6, 6.07) is 5.28. The zero-order valence-electron chi connectivity index (χ0n) is 10.1. The average Bonchev–Trinajstić information content (AvgIpc) is 2.29. The third kappa shape index (κ3) is 3.90. The number of carbonyl (C=O) groups is 2. The summed E-state index contributed by atoms with van der Waals surface area (Å²) in [5.74, 6) is -1.51. The van der Waals surface area contributed by atoms with Crippen molar-refractivity contribution < 1.29 is 19.4 Å². The lowest BCUT2D eigenvalue weighted by Crippen LogP contribution is -2.05. The van der Waals surface area contributed by atoms with Crippen LogP contribution in [-0.2, 0) is 16.0 Å². The van der Waals surface area contributed by atoms with E-state index in [0.717, 1.165) is 23.5 Å². The van der Waals surface area contributed by atoms with Gasteiger partial charge < -0.3 is 9.84 Å². The molecular weight excluding hydrogens is 232 g/mol. The van der Waals surface area contributed by atoms with Gasteiger partial charge in [0.15, 0.2) is 0 Å². The van der Waals surface area contributed by atoms with Gasteiger partial charge in [-0.2, -0.15) is 0 Å². The maximum absolute atomic E-state index is 11.6. The highest BCUT2D eigenvalue weighted by Crippen LogP contribution is 2.14. The number of allylic oxidation sites excluding steroid dienone is 1. The van der Waals surface area contributed by atoms with Gasteiger partial charge in [-0.3, -0.25) is 0 Å². The first-order chi connectivity index (χ1) is 8.54. The number of carboxylic acids is 1. The standard InChI is InChI=1S/C14H14O4/c1-3-18-14(17)12-8-7-10(2)9-11(12)5-4-6-13(15)16/h3-4,6-9H,1,5H2,2H3,(H,15,16)/b6-4+. The van der Waals surface area contributed by atoms with Crippen LogP contribution in [-0.4, -0.2) is 17.0 Å². The fourth-order valence-electron chi connectivity index (χ4n) is 1.52. The molecule has 0 aromatic heterocycles. The average molecular weight is 246 g/mol. The topological polar surface area (TPSA) is 63.6 Å². The lowest BCUT2D eigenvalue weighted by molar-refractivity contribution is -0.131. The summed E-state index contributed by atoms with van der Waals surface area (Å²) in [6.07, 6.45) is 3.96. The number of aliphatic carboxylic acids is 1. The Morgan fingerprint density at radius 3 is 2.78 bits per heavy atom. The van der Waals surface area contributed by atoms with Crippen LogP contribution in [0.5, 0.6) is 0 Å². The minimum Gasteiger partial charge on any atom is -0.478 e. The monoisotopic (exact) mass is 246 g/mol. The van der Waals surface area contributed by atoms with Crippen molar-refractivity contribution >= 4 is 11.9 Å². The second-order valence-electron chi connectivity index (χ2n) is 3.68. The van der Waals surface area contributed by atoms with Crippen molar-refractivity contribution in [3.63, 3.8) is 0 Å². The number of ether oxygens (including phenoxy) is 1. The van der Waals surface area contributed by atoms with E-state index in [4.69, 9.17) is 9.84 Å². The summed E-state index contributed by atoms with van der Waals surface area (Å²) in [6.45, 7) is 5.22. The van der Waals surface area contributed by atoms with E-state index in [1.165, 1.54) is 6.08 Å². The molecule has 0 amide bonds. The Labute approximate surface area is 105 Å². The number of carbonyl (C=O) groups excluding carboxylic acids is 1. The molecule has 0 aliphatic rings. The van der Waals surface area contributed by atoms with Gasteiger partial charge in [-0.05, 0) is 25.0 Å². The molecule has 4 heteroatoms. The van der Waals surface area contributed by atoms with Gasteiger partial charge in [0, 0.05) is 6.08 Å². The number of rotatable bonds is 5. The first kappa shape index (κ1) is 13.7. The molecule has 0 unspecified atom stereocenters. The van der Waals surface area contributed by atoms with E-state index in [9.17, 15) is 9.59 Å². The van der Waals surface area contributed by atoms with Crippen LogP contribution in [0, 0.1) is 6.92 Å². The van der Waals surface area contributed by atoms with E-state index >= 15 is 0 Å². The maximum Gasteiger partial charge on any atom is 0.343 e. The minimum absolute atomic E-state index is 0.357. The Hall–Kier alpha value is -2.36. The zero-order chi connectivity index (χ0) is 13.5. The van der Waals surface area contributed by atoms with Crippen molar-refractivity contribution in [3.8, 4) is 0 Å². The van der Waals surface area contributed by atoms with Gasteiger partial charge in [0.1, 0.15) is 0 Å². The maximum atomic E-state index is 11.6. The fraction of sp³-hybridized carbons (Fsp3) is 0.143. The van der Waals surface area contributed by atoms with E-state index in [-0.39, 0.29) is 0 Å². The Balaban J connectivity index is 2.99. The zero-order valence-corrected chi connectivity index (χ0v) is 10.1. The molecule has 0 saturated heterocycles. The molecule has 1 rings (SSSR count). The van der Waals surface area contributed by atoms with E-state index in [2.05, 4.69) is 6.58 Å². The van der Waals surface area contributed by atoms with Crippen LogP contribution in [0.1, 0.15) is 21.5 Å². The molecule has 94 valence electrons. The molecule has 1 aromatic carbocycles. The largest absolute Gasteiger partial charge is 0.478 e. The fourth-order valence-corrected chi connectivity index (χ4v) is 1.52. The van der Waals surface area contributed by atoms with Gasteiger partial charge in [0.05, 0.1) is 11.8 Å². The van der Waals surface area contributed by atoms with Gasteiger partial charge in [0.25, 0.3) is 0 Å². The van der Waals surface area contributed by atoms with Crippen LogP contribution in [0.2, 0.25) is 0 Å². The van der Waals surface area contributed by atoms with Gasteiger partial charge in [0.2, 0.25) is 0 Å².